The number of benzene rings is 1. The summed E-state index contributed by atoms with van der Waals surface area (Å²) in [6, 6.07) is 3.38. The highest BCUT2D eigenvalue weighted by Crippen LogP contribution is 2.49. The summed E-state index contributed by atoms with van der Waals surface area (Å²) in [5.74, 6) is 0.120. The molecule has 1 saturated carbocycles. The van der Waals surface area contributed by atoms with Gasteiger partial charge in [0.15, 0.2) is 0 Å². The zero-order valence-corrected chi connectivity index (χ0v) is 9.92. The van der Waals surface area contributed by atoms with Crippen LogP contribution in [0.25, 0.3) is 0 Å². The first-order chi connectivity index (χ1) is 8.14. The van der Waals surface area contributed by atoms with Crippen LogP contribution < -0.4 is 4.74 Å². The van der Waals surface area contributed by atoms with Crippen molar-refractivity contribution in [2.45, 2.75) is 31.7 Å². The minimum atomic E-state index is -0.761. The molecule has 1 aliphatic carbocycles. The number of rotatable bonds is 3. The molecule has 90 valence electrons. The first-order valence-electron chi connectivity index (χ1n) is 5.57. The molecule has 0 spiro atoms. The van der Waals surface area contributed by atoms with Gasteiger partial charge in [-0.05, 0) is 37.8 Å². The molecule has 17 heavy (non-hydrogen) atoms. The van der Waals surface area contributed by atoms with Crippen LogP contribution in [-0.4, -0.2) is 13.2 Å². The van der Waals surface area contributed by atoms with Crippen LogP contribution in [0.5, 0.6) is 5.75 Å². The molecule has 0 radical (unpaired) electrons. The third kappa shape index (κ3) is 1.75. The molecule has 0 unspecified atom stereocenters. The Balaban J connectivity index is 2.63. The Morgan fingerprint density at radius 1 is 1.47 bits per heavy atom. The Morgan fingerprint density at radius 3 is 2.65 bits per heavy atom. The third-order valence-electron chi connectivity index (χ3n) is 3.42. The van der Waals surface area contributed by atoms with Crippen molar-refractivity contribution in [3.63, 3.8) is 0 Å². The van der Waals surface area contributed by atoms with Crippen LogP contribution in [0.2, 0.25) is 0 Å². The molecule has 0 bridgehead atoms. The zero-order valence-electron chi connectivity index (χ0n) is 9.92. The second kappa shape index (κ2) is 4.30. The molecule has 1 aliphatic rings. The second-order valence-electron chi connectivity index (χ2n) is 4.36. The molecule has 4 heteroatoms. The van der Waals surface area contributed by atoms with Gasteiger partial charge in [0.05, 0.1) is 12.7 Å². The van der Waals surface area contributed by atoms with Gasteiger partial charge < -0.3 is 4.74 Å². The summed E-state index contributed by atoms with van der Waals surface area (Å²) < 4.78 is 19.4. The van der Waals surface area contributed by atoms with Gasteiger partial charge in [0, 0.05) is 0 Å². The maximum atomic E-state index is 14.2. The first-order valence-corrected chi connectivity index (χ1v) is 5.57. The Bertz CT molecular complexity index is 488. The van der Waals surface area contributed by atoms with Gasteiger partial charge in [0.25, 0.3) is 0 Å². The second-order valence-corrected chi connectivity index (χ2v) is 4.36. The monoisotopic (exact) mass is 235 g/mol. The Labute approximate surface area is 99.3 Å². The van der Waals surface area contributed by atoms with Crippen LogP contribution in [0.3, 0.4) is 0 Å². The van der Waals surface area contributed by atoms with Crippen molar-refractivity contribution in [3.05, 3.63) is 29.1 Å². The largest absolute Gasteiger partial charge is 0.496 e. The minimum absolute atomic E-state index is 0.331. The standard InChI is InChI=1S/C13H14FNO2/c1-9-4-5-10(17-2)11(12(9)14)13(15-8-16)6-3-7-13/h4-5H,3,6-7H2,1-2H3. The van der Waals surface area contributed by atoms with E-state index in [1.165, 1.54) is 7.11 Å². The summed E-state index contributed by atoms with van der Waals surface area (Å²) in [4.78, 5) is 14.3. The van der Waals surface area contributed by atoms with Crippen LogP contribution in [0.15, 0.2) is 17.1 Å². The van der Waals surface area contributed by atoms with Crippen molar-refractivity contribution < 1.29 is 13.9 Å². The van der Waals surface area contributed by atoms with E-state index in [9.17, 15) is 9.18 Å². The van der Waals surface area contributed by atoms with Crippen molar-refractivity contribution >= 4 is 6.08 Å². The number of halogens is 1. The summed E-state index contributed by atoms with van der Waals surface area (Å²) in [5, 5.41) is 0. The molecule has 0 saturated heterocycles. The van der Waals surface area contributed by atoms with E-state index >= 15 is 0 Å². The van der Waals surface area contributed by atoms with Crippen molar-refractivity contribution in [1.82, 2.24) is 0 Å². The molecule has 1 fully saturated rings. The van der Waals surface area contributed by atoms with Crippen molar-refractivity contribution in [3.8, 4) is 5.75 Å². The summed E-state index contributed by atoms with van der Waals surface area (Å²) >= 11 is 0. The van der Waals surface area contributed by atoms with E-state index in [1.807, 2.05) is 0 Å². The van der Waals surface area contributed by atoms with E-state index in [-0.39, 0.29) is 5.82 Å². The number of aryl methyl sites for hydroxylation is 1. The summed E-state index contributed by atoms with van der Waals surface area (Å²) in [5.41, 5.74) is 0.172. The Morgan fingerprint density at radius 2 is 2.18 bits per heavy atom. The Kier molecular flexibility index (Phi) is 2.99. The number of methoxy groups -OCH3 is 1. The fraction of sp³-hybridized carbons (Fsp3) is 0.462. The molecule has 0 amide bonds. The molecule has 0 heterocycles. The zero-order chi connectivity index (χ0) is 12.5. The number of isocyanates is 1. The van der Waals surface area contributed by atoms with Gasteiger partial charge in [-0.1, -0.05) is 6.07 Å². The fourth-order valence-electron chi connectivity index (χ4n) is 2.28. The number of carbonyl (C=O) groups excluding carboxylic acids is 1. The number of aliphatic imine (C=N–C) groups is 1. The van der Waals surface area contributed by atoms with E-state index in [0.29, 0.717) is 29.7 Å². The molecule has 0 atom stereocenters. The van der Waals surface area contributed by atoms with Gasteiger partial charge in [-0.2, -0.15) is 4.99 Å². The number of hydrogen-bond acceptors (Lipinski definition) is 3. The molecule has 0 aromatic heterocycles. The van der Waals surface area contributed by atoms with Crippen LogP contribution in [-0.2, 0) is 10.3 Å². The summed E-state index contributed by atoms with van der Waals surface area (Å²) in [6.07, 6.45) is 3.82. The van der Waals surface area contributed by atoms with Crippen molar-refractivity contribution in [1.29, 1.82) is 0 Å². The lowest BCUT2D eigenvalue weighted by Gasteiger charge is -2.38. The van der Waals surface area contributed by atoms with Crippen molar-refractivity contribution in [2.24, 2.45) is 4.99 Å². The van der Waals surface area contributed by atoms with Gasteiger partial charge >= 0.3 is 0 Å². The normalized spacial score (nSPS) is 16.9. The maximum Gasteiger partial charge on any atom is 0.235 e. The SMILES string of the molecule is COc1ccc(C)c(F)c1C1(N=C=O)CCC1. The first kappa shape index (κ1) is 11.8. The number of ether oxygens (including phenoxy) is 1. The van der Waals surface area contributed by atoms with E-state index in [2.05, 4.69) is 4.99 Å². The maximum absolute atomic E-state index is 14.2. The quantitative estimate of drug-likeness (QED) is 0.597. The fourth-order valence-corrected chi connectivity index (χ4v) is 2.28. The van der Waals surface area contributed by atoms with E-state index in [1.54, 1.807) is 25.1 Å². The predicted molar refractivity (Wildman–Crippen MR) is 61.3 cm³/mol. The molecule has 1 aromatic rings. The summed E-state index contributed by atoms with van der Waals surface area (Å²) in [7, 11) is 1.49. The van der Waals surface area contributed by atoms with Gasteiger partial charge in [-0.15, -0.1) is 0 Å². The average molecular weight is 235 g/mol. The molecule has 0 aliphatic heterocycles. The van der Waals surface area contributed by atoms with E-state index in [0.717, 1.165) is 6.42 Å². The lowest BCUT2D eigenvalue weighted by molar-refractivity contribution is 0.237. The highest BCUT2D eigenvalue weighted by Gasteiger charge is 2.43. The van der Waals surface area contributed by atoms with Crippen LogP contribution >= 0.6 is 0 Å². The third-order valence-corrected chi connectivity index (χ3v) is 3.42. The predicted octanol–water partition coefficient (Wildman–Crippen LogP) is 2.86. The molecular weight excluding hydrogens is 221 g/mol. The molecule has 3 nitrogen and oxygen atoms in total. The van der Waals surface area contributed by atoms with Crippen molar-refractivity contribution in [2.75, 3.05) is 7.11 Å². The van der Waals surface area contributed by atoms with Gasteiger partial charge in [0.2, 0.25) is 6.08 Å². The van der Waals surface area contributed by atoms with Crippen LogP contribution in [0.4, 0.5) is 4.39 Å². The van der Waals surface area contributed by atoms with E-state index < -0.39 is 5.54 Å². The lowest BCUT2D eigenvalue weighted by atomic mass is 9.71. The molecule has 1 aromatic carbocycles. The smallest absolute Gasteiger partial charge is 0.235 e. The minimum Gasteiger partial charge on any atom is -0.496 e. The number of hydrogen-bond donors (Lipinski definition) is 0. The van der Waals surface area contributed by atoms with Crippen LogP contribution in [0, 0.1) is 12.7 Å². The van der Waals surface area contributed by atoms with Crippen LogP contribution in [0.1, 0.15) is 30.4 Å². The molecule has 2 rings (SSSR count). The summed E-state index contributed by atoms with van der Waals surface area (Å²) in [6.45, 7) is 1.69. The van der Waals surface area contributed by atoms with Gasteiger partial charge in [-0.3, -0.25) is 0 Å². The highest BCUT2D eigenvalue weighted by atomic mass is 19.1. The highest BCUT2D eigenvalue weighted by molar-refractivity contribution is 5.47. The molecular formula is C13H14FNO2. The van der Waals surface area contributed by atoms with Gasteiger partial charge in [-0.25, -0.2) is 9.18 Å². The average Bonchev–Trinajstić information content (AvgIpc) is 2.28. The van der Waals surface area contributed by atoms with E-state index in [4.69, 9.17) is 4.74 Å². The topological polar surface area (TPSA) is 38.7 Å². The lowest BCUT2D eigenvalue weighted by Crippen LogP contribution is -2.33. The van der Waals surface area contributed by atoms with Gasteiger partial charge in [0.1, 0.15) is 17.1 Å². The molecule has 0 N–H and O–H groups in total. The Hall–Kier alpha value is -1.67. The number of nitrogens with zero attached hydrogens (tertiary/aromatic N) is 1.